The van der Waals surface area contributed by atoms with Gasteiger partial charge in [-0.25, -0.2) is 9.59 Å². The summed E-state index contributed by atoms with van der Waals surface area (Å²) in [5.41, 5.74) is 15.5. The molecule has 0 heterocycles. The van der Waals surface area contributed by atoms with E-state index >= 15 is 0 Å². The molecule has 0 unspecified atom stereocenters. The van der Waals surface area contributed by atoms with E-state index in [-0.39, 0.29) is 30.3 Å². The molecule has 7 nitrogen and oxygen atoms in total. The van der Waals surface area contributed by atoms with Crippen LogP contribution in [0, 0.1) is 5.41 Å². The zero-order valence-electron chi connectivity index (χ0n) is 27.2. The maximum absolute atomic E-state index is 13.0. The van der Waals surface area contributed by atoms with Gasteiger partial charge in [0.2, 0.25) is 0 Å². The summed E-state index contributed by atoms with van der Waals surface area (Å²) in [6.45, 7) is 1.85. The van der Waals surface area contributed by atoms with Gasteiger partial charge in [-0.3, -0.25) is 0 Å². The van der Waals surface area contributed by atoms with Gasteiger partial charge in [0, 0.05) is 29.3 Å². The number of carbonyl (C=O) groups is 2. The summed E-state index contributed by atoms with van der Waals surface area (Å²) in [5.74, 6) is -5.56. The van der Waals surface area contributed by atoms with E-state index in [1.165, 1.54) is 30.3 Å². The van der Waals surface area contributed by atoms with Gasteiger partial charge >= 0.3 is 24.0 Å². The Hall–Kier alpha value is -5.39. The molecule has 12 heteroatoms. The first-order valence-electron chi connectivity index (χ1n) is 15.6. The average Bonchev–Trinajstić information content (AvgIpc) is 3.07. The molecule has 0 aromatic heterocycles. The van der Waals surface area contributed by atoms with E-state index in [0.717, 1.165) is 11.1 Å². The Morgan fingerprint density at radius 1 is 0.720 bits per heavy atom. The van der Waals surface area contributed by atoms with Gasteiger partial charge in [-0.1, -0.05) is 43.3 Å². The largest absolute Gasteiger partial charge is 0.494 e. The van der Waals surface area contributed by atoms with Gasteiger partial charge in [-0.2, -0.15) is 22.0 Å². The molecule has 0 saturated carbocycles. The number of ether oxygens (including phenoxy) is 3. The van der Waals surface area contributed by atoms with E-state index in [1.807, 2.05) is 48.5 Å². The smallest absolute Gasteiger partial charge is 0.453 e. The minimum Gasteiger partial charge on any atom is -0.494 e. The summed E-state index contributed by atoms with van der Waals surface area (Å²) >= 11 is 0. The number of hydrogen-bond acceptors (Lipinski definition) is 7. The van der Waals surface area contributed by atoms with Crippen molar-refractivity contribution in [1.82, 2.24) is 0 Å². The van der Waals surface area contributed by atoms with E-state index in [0.29, 0.717) is 29.8 Å². The van der Waals surface area contributed by atoms with Crippen molar-refractivity contribution in [2.75, 3.05) is 24.7 Å². The third-order valence-electron chi connectivity index (χ3n) is 7.70. The zero-order chi connectivity index (χ0) is 36.4. The zero-order valence-corrected chi connectivity index (χ0v) is 27.2. The number of hydrogen-bond donors (Lipinski definition) is 2. The molecule has 0 atom stereocenters. The van der Waals surface area contributed by atoms with Crippen molar-refractivity contribution in [3.8, 4) is 11.5 Å². The van der Waals surface area contributed by atoms with Crippen LogP contribution in [0.3, 0.4) is 0 Å². The molecule has 0 aliphatic heterocycles. The average molecular weight is 697 g/mol. The minimum absolute atomic E-state index is 0.160. The lowest BCUT2D eigenvalue weighted by molar-refractivity contribution is -0.284. The molecular formula is C38H37F5N2O5. The summed E-state index contributed by atoms with van der Waals surface area (Å²) in [7, 11) is 0. The fourth-order valence-corrected chi connectivity index (χ4v) is 5.01. The summed E-state index contributed by atoms with van der Waals surface area (Å²) in [6, 6.07) is 27.1. The van der Waals surface area contributed by atoms with Crippen LogP contribution in [0.15, 0.2) is 103 Å². The van der Waals surface area contributed by atoms with E-state index < -0.39 is 42.3 Å². The maximum atomic E-state index is 13.0. The third-order valence-corrected chi connectivity index (χ3v) is 7.70. The van der Waals surface area contributed by atoms with Crippen LogP contribution in [0.25, 0.3) is 6.08 Å². The normalized spacial score (nSPS) is 12.1. The molecule has 0 spiro atoms. The molecule has 0 radical (unpaired) electrons. The first-order valence-corrected chi connectivity index (χ1v) is 15.6. The Labute approximate surface area is 286 Å². The molecular weight excluding hydrogens is 659 g/mol. The quantitative estimate of drug-likeness (QED) is 0.0320. The van der Waals surface area contributed by atoms with Crippen LogP contribution >= 0.6 is 0 Å². The second-order valence-electron chi connectivity index (χ2n) is 12.2. The number of carbonyl (C=O) groups excluding carboxylic acids is 2. The Kier molecular flexibility index (Phi) is 12.2. The van der Waals surface area contributed by atoms with Gasteiger partial charge in [-0.05, 0) is 103 Å². The summed E-state index contributed by atoms with van der Waals surface area (Å²) in [4.78, 5) is 25.3. The topological polar surface area (TPSA) is 114 Å². The van der Waals surface area contributed by atoms with Crippen LogP contribution in [-0.4, -0.2) is 37.3 Å². The van der Waals surface area contributed by atoms with Crippen LogP contribution in [0.1, 0.15) is 46.8 Å². The highest BCUT2D eigenvalue weighted by Gasteiger charge is 2.56. The number of alkyl halides is 5. The molecule has 4 rings (SSSR count). The van der Waals surface area contributed by atoms with Crippen LogP contribution in [0.5, 0.6) is 11.5 Å². The highest BCUT2D eigenvalue weighted by molar-refractivity contribution is 5.91. The highest BCUT2D eigenvalue weighted by Crippen LogP contribution is 2.38. The lowest BCUT2D eigenvalue weighted by Crippen LogP contribution is -2.36. The second-order valence-corrected chi connectivity index (χ2v) is 12.2. The summed E-state index contributed by atoms with van der Waals surface area (Å²) in [5, 5.41) is 0. The SMILES string of the molecule is CC(COC(=O)/C=C/c1ccc(OC(=O)c2ccc(OCCCC(F)(F)C(F)(F)F)cc2)cc1)(Cc1ccc(N)cc1)Cc1ccc(N)cc1. The van der Waals surface area contributed by atoms with Crippen LogP contribution in [0.4, 0.5) is 33.3 Å². The van der Waals surface area contributed by atoms with Gasteiger partial charge in [-0.15, -0.1) is 0 Å². The first-order chi connectivity index (χ1) is 23.6. The molecule has 0 aliphatic carbocycles. The van der Waals surface area contributed by atoms with Gasteiger partial charge in [0.05, 0.1) is 18.8 Å². The number of esters is 2. The fraction of sp³-hybridized carbons (Fsp3) is 0.263. The summed E-state index contributed by atoms with van der Waals surface area (Å²) < 4.78 is 79.1. The minimum atomic E-state index is -5.61. The molecule has 0 fully saturated rings. The highest BCUT2D eigenvalue weighted by atomic mass is 19.4. The van der Waals surface area contributed by atoms with Crippen LogP contribution in [-0.2, 0) is 22.4 Å². The van der Waals surface area contributed by atoms with Crippen molar-refractivity contribution in [2.24, 2.45) is 5.41 Å². The molecule has 0 saturated heterocycles. The Bertz CT molecular complexity index is 1690. The Morgan fingerprint density at radius 2 is 1.24 bits per heavy atom. The lowest BCUT2D eigenvalue weighted by Gasteiger charge is -2.29. The molecule has 4 N–H and O–H groups in total. The molecule has 4 aromatic rings. The number of anilines is 2. The van der Waals surface area contributed by atoms with E-state index in [2.05, 4.69) is 6.92 Å². The van der Waals surface area contributed by atoms with Crippen molar-refractivity contribution >= 4 is 29.4 Å². The van der Waals surface area contributed by atoms with Crippen molar-refractivity contribution in [3.05, 3.63) is 125 Å². The number of halogens is 5. The van der Waals surface area contributed by atoms with Gasteiger partial charge < -0.3 is 25.7 Å². The second kappa shape index (κ2) is 16.3. The molecule has 0 amide bonds. The van der Waals surface area contributed by atoms with E-state index in [4.69, 9.17) is 25.7 Å². The number of nitrogen functional groups attached to an aromatic ring is 2. The monoisotopic (exact) mass is 696 g/mol. The van der Waals surface area contributed by atoms with Crippen molar-refractivity contribution in [1.29, 1.82) is 0 Å². The number of benzene rings is 4. The van der Waals surface area contributed by atoms with Gasteiger partial charge in [0.25, 0.3) is 0 Å². The van der Waals surface area contributed by atoms with Crippen LogP contribution in [0.2, 0.25) is 0 Å². The van der Waals surface area contributed by atoms with Gasteiger partial charge in [0.1, 0.15) is 11.5 Å². The van der Waals surface area contributed by atoms with Gasteiger partial charge in [0.15, 0.2) is 0 Å². The van der Waals surface area contributed by atoms with Crippen LogP contribution < -0.4 is 20.9 Å². The van der Waals surface area contributed by atoms with Crippen molar-refractivity contribution in [2.45, 2.75) is 44.7 Å². The maximum Gasteiger partial charge on any atom is 0.453 e. The first kappa shape index (κ1) is 37.4. The van der Waals surface area contributed by atoms with E-state index in [9.17, 15) is 31.5 Å². The molecule has 4 aromatic carbocycles. The number of nitrogens with two attached hydrogens (primary N) is 2. The molecule has 264 valence electrons. The lowest BCUT2D eigenvalue weighted by atomic mass is 9.79. The standard InChI is InChI=1S/C38H37F5N2O5/c1-36(23-27-3-12-30(44)13-4-27,24-28-5-14-31(45)15-6-28)25-49-34(46)20-9-26-7-16-33(17-8-26)50-35(47)29-10-18-32(19-11-29)48-22-2-21-37(39,40)38(41,42)43/h3-20H,2,21-25,44-45H2,1H3/b20-9+. The predicted molar refractivity (Wildman–Crippen MR) is 181 cm³/mol. The van der Waals surface area contributed by atoms with Crippen molar-refractivity contribution < 1.29 is 45.8 Å². The molecule has 50 heavy (non-hydrogen) atoms. The van der Waals surface area contributed by atoms with Crippen molar-refractivity contribution in [3.63, 3.8) is 0 Å². The number of rotatable bonds is 15. The molecule has 0 aliphatic rings. The Morgan fingerprint density at radius 3 is 1.76 bits per heavy atom. The summed E-state index contributed by atoms with van der Waals surface area (Å²) in [6.07, 6.45) is -3.33. The third kappa shape index (κ3) is 11.4. The fourth-order valence-electron chi connectivity index (χ4n) is 5.01. The van der Waals surface area contributed by atoms with E-state index in [1.54, 1.807) is 30.3 Å². The predicted octanol–water partition coefficient (Wildman–Crippen LogP) is 8.47. The Balaban J connectivity index is 1.27. The molecule has 0 bridgehead atoms.